The first kappa shape index (κ1) is 22.7. The van der Waals surface area contributed by atoms with Gasteiger partial charge in [-0.2, -0.15) is 0 Å². The van der Waals surface area contributed by atoms with Crippen molar-refractivity contribution in [3.63, 3.8) is 0 Å². The van der Waals surface area contributed by atoms with Crippen LogP contribution in [0.2, 0.25) is 0 Å². The van der Waals surface area contributed by atoms with Gasteiger partial charge in [0.2, 0.25) is 0 Å². The number of esters is 1. The number of fused-ring (bicyclic) bond motifs is 1. The maximum Gasteiger partial charge on any atom is 0.325 e. The first-order chi connectivity index (χ1) is 15.3. The Morgan fingerprint density at radius 3 is 2.59 bits per heavy atom. The largest absolute Gasteiger partial charge is 0.456 e. The molecule has 2 aromatic carbocycles. The Labute approximate surface area is 184 Å². The van der Waals surface area contributed by atoms with Crippen LogP contribution in [0.1, 0.15) is 23.4 Å². The smallest absolute Gasteiger partial charge is 0.325 e. The molecule has 0 unspecified atom stereocenters. The zero-order valence-corrected chi connectivity index (χ0v) is 18.1. The number of carbonyl (C=O) groups is 3. The molecule has 9 nitrogen and oxygen atoms in total. The van der Waals surface area contributed by atoms with Crippen molar-refractivity contribution in [2.24, 2.45) is 7.05 Å². The Morgan fingerprint density at radius 1 is 1.06 bits per heavy atom. The van der Waals surface area contributed by atoms with Crippen molar-refractivity contribution in [2.75, 3.05) is 11.9 Å². The maximum atomic E-state index is 12.4. The predicted molar refractivity (Wildman–Crippen MR) is 119 cm³/mol. The molecule has 3 rings (SSSR count). The molecule has 1 heterocycles. The number of rotatable bonds is 6. The van der Waals surface area contributed by atoms with E-state index >= 15 is 0 Å². The SMILES string of the molecule is Cc1cccc(NC(=O)NC(=O)COC(=O)CCc2nc3ccccc3c(=O)n2C)c1C. The van der Waals surface area contributed by atoms with Gasteiger partial charge in [-0.15, -0.1) is 0 Å². The topological polar surface area (TPSA) is 119 Å². The highest BCUT2D eigenvalue weighted by Gasteiger charge is 2.14. The van der Waals surface area contributed by atoms with E-state index in [9.17, 15) is 19.2 Å². The highest BCUT2D eigenvalue weighted by molar-refractivity contribution is 6.02. The molecule has 1 aromatic heterocycles. The molecular formula is C23H24N4O5. The zero-order chi connectivity index (χ0) is 23.3. The van der Waals surface area contributed by atoms with E-state index in [0.717, 1.165) is 11.1 Å². The van der Waals surface area contributed by atoms with Crippen LogP contribution in [0.5, 0.6) is 0 Å². The van der Waals surface area contributed by atoms with Gasteiger partial charge in [-0.25, -0.2) is 9.78 Å². The van der Waals surface area contributed by atoms with E-state index in [-0.39, 0.29) is 18.4 Å². The summed E-state index contributed by atoms with van der Waals surface area (Å²) in [5.74, 6) is -0.960. The minimum atomic E-state index is -0.752. The van der Waals surface area contributed by atoms with Crippen molar-refractivity contribution in [2.45, 2.75) is 26.7 Å². The lowest BCUT2D eigenvalue weighted by molar-refractivity contribution is -0.148. The number of hydrogen-bond donors (Lipinski definition) is 2. The second-order valence-corrected chi connectivity index (χ2v) is 7.32. The fourth-order valence-electron chi connectivity index (χ4n) is 3.12. The number of nitrogens with one attached hydrogen (secondary N) is 2. The Kier molecular flexibility index (Phi) is 6.99. The minimum Gasteiger partial charge on any atom is -0.456 e. The number of anilines is 1. The molecule has 32 heavy (non-hydrogen) atoms. The van der Waals surface area contributed by atoms with Crippen molar-refractivity contribution < 1.29 is 19.1 Å². The Hall–Kier alpha value is -4.01. The Balaban J connectivity index is 1.49. The highest BCUT2D eigenvalue weighted by Crippen LogP contribution is 2.17. The van der Waals surface area contributed by atoms with E-state index in [1.54, 1.807) is 43.4 Å². The predicted octanol–water partition coefficient (Wildman–Crippen LogP) is 2.37. The van der Waals surface area contributed by atoms with Gasteiger partial charge in [-0.05, 0) is 43.2 Å². The second-order valence-electron chi connectivity index (χ2n) is 7.32. The summed E-state index contributed by atoms with van der Waals surface area (Å²) in [5, 5.41) is 5.20. The van der Waals surface area contributed by atoms with Gasteiger partial charge in [0, 0.05) is 19.2 Å². The van der Waals surface area contributed by atoms with Crippen LogP contribution in [0.15, 0.2) is 47.3 Å². The molecule has 0 saturated heterocycles. The van der Waals surface area contributed by atoms with Crippen LogP contribution in [-0.4, -0.2) is 34.1 Å². The van der Waals surface area contributed by atoms with Crippen LogP contribution in [0.4, 0.5) is 10.5 Å². The molecule has 0 fully saturated rings. The van der Waals surface area contributed by atoms with E-state index in [2.05, 4.69) is 15.6 Å². The van der Waals surface area contributed by atoms with Crippen LogP contribution < -0.4 is 16.2 Å². The summed E-state index contributed by atoms with van der Waals surface area (Å²) in [7, 11) is 1.59. The highest BCUT2D eigenvalue weighted by atomic mass is 16.5. The molecule has 0 aliphatic rings. The summed E-state index contributed by atoms with van der Waals surface area (Å²) in [6.45, 7) is 3.17. The summed E-state index contributed by atoms with van der Waals surface area (Å²) in [5.41, 5.74) is 2.82. The van der Waals surface area contributed by atoms with Crippen molar-refractivity contribution in [1.29, 1.82) is 0 Å². The van der Waals surface area contributed by atoms with E-state index in [1.807, 2.05) is 19.9 Å². The number of ether oxygens (including phenoxy) is 1. The average molecular weight is 436 g/mol. The number of imide groups is 1. The first-order valence-corrected chi connectivity index (χ1v) is 10.0. The van der Waals surface area contributed by atoms with Crippen molar-refractivity contribution >= 4 is 34.5 Å². The molecule has 0 saturated carbocycles. The number of urea groups is 1. The number of para-hydroxylation sites is 1. The van der Waals surface area contributed by atoms with Gasteiger partial charge in [-0.1, -0.05) is 24.3 Å². The van der Waals surface area contributed by atoms with E-state index < -0.39 is 24.5 Å². The van der Waals surface area contributed by atoms with Gasteiger partial charge < -0.3 is 10.1 Å². The van der Waals surface area contributed by atoms with Gasteiger partial charge >= 0.3 is 12.0 Å². The molecule has 0 aliphatic carbocycles. The van der Waals surface area contributed by atoms with Gasteiger partial charge in [0.25, 0.3) is 11.5 Å². The van der Waals surface area contributed by atoms with Crippen LogP contribution in [0, 0.1) is 13.8 Å². The van der Waals surface area contributed by atoms with Crippen LogP contribution in [-0.2, 0) is 27.8 Å². The lowest BCUT2D eigenvalue weighted by atomic mass is 10.1. The standard InChI is InChI=1S/C23H24N4O5/c1-14-7-6-10-17(15(14)2)25-23(31)26-20(28)13-32-21(29)12-11-19-24-18-9-5-4-8-16(18)22(30)27(19)3/h4-10H,11-13H2,1-3H3,(H2,25,26,28,31). The van der Waals surface area contributed by atoms with Crippen LogP contribution >= 0.6 is 0 Å². The molecule has 0 aliphatic heterocycles. The summed E-state index contributed by atoms with van der Waals surface area (Å²) >= 11 is 0. The number of amides is 3. The molecule has 0 radical (unpaired) electrons. The van der Waals surface area contributed by atoms with Crippen molar-refractivity contribution in [1.82, 2.24) is 14.9 Å². The van der Waals surface area contributed by atoms with Gasteiger partial charge in [-0.3, -0.25) is 24.3 Å². The monoisotopic (exact) mass is 436 g/mol. The quantitative estimate of drug-likeness (QED) is 0.573. The normalized spacial score (nSPS) is 10.6. The van der Waals surface area contributed by atoms with Crippen molar-refractivity contribution in [3.8, 4) is 0 Å². The molecule has 2 N–H and O–H groups in total. The van der Waals surface area contributed by atoms with E-state index in [4.69, 9.17) is 4.74 Å². The number of carbonyl (C=O) groups excluding carboxylic acids is 3. The maximum absolute atomic E-state index is 12.4. The van der Waals surface area contributed by atoms with Gasteiger partial charge in [0.15, 0.2) is 6.61 Å². The van der Waals surface area contributed by atoms with Gasteiger partial charge in [0.1, 0.15) is 5.82 Å². The second kappa shape index (κ2) is 9.86. The summed E-state index contributed by atoms with van der Waals surface area (Å²) < 4.78 is 6.32. The third-order valence-corrected chi connectivity index (χ3v) is 5.10. The molecule has 0 bridgehead atoms. The van der Waals surface area contributed by atoms with E-state index in [1.165, 1.54) is 4.57 Å². The molecule has 9 heteroatoms. The zero-order valence-electron chi connectivity index (χ0n) is 18.1. The molecule has 3 amide bonds. The molecule has 0 spiro atoms. The summed E-state index contributed by atoms with van der Waals surface area (Å²) in [6.07, 6.45) is 0.102. The molecule has 3 aromatic rings. The van der Waals surface area contributed by atoms with Crippen molar-refractivity contribution in [3.05, 3.63) is 69.8 Å². The average Bonchev–Trinajstić information content (AvgIpc) is 2.77. The Morgan fingerprint density at radius 2 is 1.81 bits per heavy atom. The third-order valence-electron chi connectivity index (χ3n) is 5.10. The number of benzene rings is 2. The van der Waals surface area contributed by atoms with Crippen LogP contribution in [0.25, 0.3) is 10.9 Å². The van der Waals surface area contributed by atoms with E-state index in [0.29, 0.717) is 22.4 Å². The molecular weight excluding hydrogens is 412 g/mol. The molecule has 0 atom stereocenters. The summed E-state index contributed by atoms with van der Waals surface area (Å²) in [6, 6.07) is 11.7. The number of aromatic nitrogens is 2. The van der Waals surface area contributed by atoms with Crippen LogP contribution in [0.3, 0.4) is 0 Å². The summed E-state index contributed by atoms with van der Waals surface area (Å²) in [4.78, 5) is 52.7. The van der Waals surface area contributed by atoms with Gasteiger partial charge in [0.05, 0.1) is 17.3 Å². The number of hydrogen-bond acceptors (Lipinski definition) is 6. The first-order valence-electron chi connectivity index (χ1n) is 10.0. The minimum absolute atomic E-state index is 0.0689. The number of nitrogens with zero attached hydrogens (tertiary/aromatic N) is 2. The number of aryl methyl sites for hydroxylation is 2. The fourth-order valence-corrected chi connectivity index (χ4v) is 3.12. The third kappa shape index (κ3) is 5.37. The lowest BCUT2D eigenvalue weighted by Crippen LogP contribution is -2.37. The fraction of sp³-hybridized carbons (Fsp3) is 0.261. The lowest BCUT2D eigenvalue weighted by Gasteiger charge is -2.11. The molecule has 166 valence electrons. The Bertz CT molecular complexity index is 1250.